The zero-order valence-corrected chi connectivity index (χ0v) is 7.14. The lowest BCUT2D eigenvalue weighted by atomic mass is 10.0. The van der Waals surface area contributed by atoms with Crippen molar-refractivity contribution in [1.29, 1.82) is 0 Å². The zero-order valence-electron chi connectivity index (χ0n) is 7.14. The van der Waals surface area contributed by atoms with Gasteiger partial charge in [-0.05, 0) is 12.5 Å². The molecule has 0 radical (unpaired) electrons. The average Bonchev–Trinajstić information content (AvgIpc) is 2.17. The van der Waals surface area contributed by atoms with Gasteiger partial charge in [0.15, 0.2) is 0 Å². The molecular weight excluding hydrogens is 152 g/mol. The predicted molar refractivity (Wildman–Crippen MR) is 47.5 cm³/mol. The monoisotopic (exact) mass is 166 g/mol. The van der Waals surface area contributed by atoms with E-state index in [0.717, 1.165) is 12.0 Å². The molecular formula is C9H14N2O. The quantitative estimate of drug-likeness (QED) is 0.700. The van der Waals surface area contributed by atoms with Gasteiger partial charge in [-0.15, -0.1) is 0 Å². The summed E-state index contributed by atoms with van der Waals surface area (Å²) in [6.45, 7) is 1.95. The molecule has 0 aliphatic carbocycles. The molecule has 0 spiro atoms. The fourth-order valence-electron chi connectivity index (χ4n) is 1.02. The highest BCUT2D eigenvalue weighted by Gasteiger charge is 2.14. The summed E-state index contributed by atoms with van der Waals surface area (Å²) in [4.78, 5) is 3.91. The summed E-state index contributed by atoms with van der Waals surface area (Å²) in [5.41, 5.74) is 6.45. The van der Waals surface area contributed by atoms with Gasteiger partial charge in [0, 0.05) is 24.0 Å². The number of hydrogen-bond acceptors (Lipinski definition) is 3. The van der Waals surface area contributed by atoms with Gasteiger partial charge in [-0.3, -0.25) is 4.98 Å². The Bertz CT molecular complexity index is 225. The molecule has 0 aliphatic rings. The largest absolute Gasteiger partial charge is 0.387 e. The molecule has 0 fully saturated rings. The number of hydrogen-bond donors (Lipinski definition) is 2. The highest BCUT2D eigenvalue weighted by Crippen LogP contribution is 2.15. The van der Waals surface area contributed by atoms with Crippen molar-refractivity contribution in [2.75, 3.05) is 0 Å². The standard InChI is InChI=1S/C9H14N2O/c1-2-8(10)9(12)7-4-3-5-11-6-7/h3-6,8-9,12H,2,10H2,1H3/t8-,9-/m0/s1. The minimum atomic E-state index is -0.594. The number of nitrogens with zero attached hydrogens (tertiary/aromatic N) is 1. The lowest BCUT2D eigenvalue weighted by Gasteiger charge is -2.16. The Labute approximate surface area is 72.2 Å². The van der Waals surface area contributed by atoms with Gasteiger partial charge in [0.1, 0.15) is 0 Å². The normalized spacial score (nSPS) is 15.6. The van der Waals surface area contributed by atoms with Gasteiger partial charge in [-0.2, -0.15) is 0 Å². The molecule has 0 saturated heterocycles. The van der Waals surface area contributed by atoms with E-state index in [1.807, 2.05) is 13.0 Å². The molecule has 2 atom stereocenters. The Kier molecular flexibility index (Phi) is 3.19. The van der Waals surface area contributed by atoms with Gasteiger partial charge in [0.2, 0.25) is 0 Å². The lowest BCUT2D eigenvalue weighted by Crippen LogP contribution is -2.27. The molecule has 0 unspecified atom stereocenters. The Balaban J connectivity index is 2.71. The van der Waals surface area contributed by atoms with Crippen molar-refractivity contribution >= 4 is 0 Å². The maximum atomic E-state index is 9.62. The van der Waals surface area contributed by atoms with Crippen LogP contribution in [0, 0.1) is 0 Å². The van der Waals surface area contributed by atoms with Crippen molar-refractivity contribution in [1.82, 2.24) is 4.98 Å². The van der Waals surface area contributed by atoms with Crippen LogP contribution in [0.25, 0.3) is 0 Å². The van der Waals surface area contributed by atoms with Gasteiger partial charge in [0.25, 0.3) is 0 Å². The number of aromatic nitrogens is 1. The van der Waals surface area contributed by atoms with Crippen molar-refractivity contribution < 1.29 is 5.11 Å². The van der Waals surface area contributed by atoms with Crippen LogP contribution < -0.4 is 5.73 Å². The first-order valence-electron chi connectivity index (χ1n) is 4.09. The van der Waals surface area contributed by atoms with E-state index in [9.17, 15) is 5.11 Å². The van der Waals surface area contributed by atoms with Crippen LogP contribution in [0.1, 0.15) is 25.0 Å². The van der Waals surface area contributed by atoms with E-state index in [0.29, 0.717) is 0 Å². The minimum absolute atomic E-state index is 0.200. The fourth-order valence-corrected chi connectivity index (χ4v) is 1.02. The highest BCUT2D eigenvalue weighted by atomic mass is 16.3. The SMILES string of the molecule is CC[C@H](N)[C@@H](O)c1cccnc1. The summed E-state index contributed by atoms with van der Waals surface area (Å²) in [5.74, 6) is 0. The number of pyridine rings is 1. The van der Waals surface area contributed by atoms with Crippen molar-refractivity contribution in [2.24, 2.45) is 5.73 Å². The molecule has 0 saturated carbocycles. The lowest BCUT2D eigenvalue weighted by molar-refractivity contribution is 0.144. The van der Waals surface area contributed by atoms with Crippen LogP contribution in [-0.4, -0.2) is 16.1 Å². The van der Waals surface area contributed by atoms with E-state index in [2.05, 4.69) is 4.98 Å². The van der Waals surface area contributed by atoms with Crippen LogP contribution in [0.15, 0.2) is 24.5 Å². The molecule has 0 bridgehead atoms. The maximum absolute atomic E-state index is 9.62. The summed E-state index contributed by atoms with van der Waals surface area (Å²) in [6, 6.07) is 3.42. The number of aliphatic hydroxyl groups excluding tert-OH is 1. The first-order chi connectivity index (χ1) is 5.75. The van der Waals surface area contributed by atoms with Gasteiger partial charge >= 0.3 is 0 Å². The second kappa shape index (κ2) is 4.18. The third-order valence-electron chi connectivity index (χ3n) is 1.90. The number of aliphatic hydroxyl groups is 1. The van der Waals surface area contributed by atoms with Crippen LogP contribution in [-0.2, 0) is 0 Å². The van der Waals surface area contributed by atoms with Crippen molar-refractivity contribution in [2.45, 2.75) is 25.5 Å². The minimum Gasteiger partial charge on any atom is -0.387 e. The van der Waals surface area contributed by atoms with E-state index in [1.165, 1.54) is 0 Å². The Morgan fingerprint density at radius 1 is 1.67 bits per heavy atom. The molecule has 1 rings (SSSR count). The van der Waals surface area contributed by atoms with E-state index in [1.54, 1.807) is 18.5 Å². The maximum Gasteiger partial charge on any atom is 0.0955 e. The van der Waals surface area contributed by atoms with E-state index >= 15 is 0 Å². The van der Waals surface area contributed by atoms with Gasteiger partial charge in [0.05, 0.1) is 6.10 Å². The molecule has 0 amide bonds. The fraction of sp³-hybridized carbons (Fsp3) is 0.444. The zero-order chi connectivity index (χ0) is 8.97. The predicted octanol–water partition coefficient (Wildman–Crippen LogP) is 0.852. The van der Waals surface area contributed by atoms with E-state index in [4.69, 9.17) is 5.73 Å². The van der Waals surface area contributed by atoms with Gasteiger partial charge in [-0.25, -0.2) is 0 Å². The second-order valence-corrected chi connectivity index (χ2v) is 2.80. The summed E-state index contributed by atoms with van der Waals surface area (Å²) in [6.07, 6.45) is 3.48. The van der Waals surface area contributed by atoms with Crippen LogP contribution in [0.5, 0.6) is 0 Å². The van der Waals surface area contributed by atoms with E-state index in [-0.39, 0.29) is 6.04 Å². The summed E-state index contributed by atoms with van der Waals surface area (Å²) >= 11 is 0. The topological polar surface area (TPSA) is 59.1 Å². The van der Waals surface area contributed by atoms with Crippen LogP contribution >= 0.6 is 0 Å². The van der Waals surface area contributed by atoms with Crippen molar-refractivity contribution in [3.63, 3.8) is 0 Å². The first-order valence-corrected chi connectivity index (χ1v) is 4.09. The van der Waals surface area contributed by atoms with Crippen LogP contribution in [0.4, 0.5) is 0 Å². The third-order valence-corrected chi connectivity index (χ3v) is 1.90. The van der Waals surface area contributed by atoms with E-state index < -0.39 is 6.10 Å². The molecule has 3 heteroatoms. The molecule has 0 aliphatic heterocycles. The second-order valence-electron chi connectivity index (χ2n) is 2.80. The molecule has 12 heavy (non-hydrogen) atoms. The highest BCUT2D eigenvalue weighted by molar-refractivity contribution is 5.13. The third kappa shape index (κ3) is 2.03. The molecule has 66 valence electrons. The molecule has 0 aromatic carbocycles. The average molecular weight is 166 g/mol. The number of nitrogens with two attached hydrogens (primary N) is 1. The first kappa shape index (κ1) is 9.16. The molecule has 3 N–H and O–H groups in total. The Morgan fingerprint density at radius 2 is 2.42 bits per heavy atom. The molecule has 1 aromatic heterocycles. The van der Waals surface area contributed by atoms with Crippen LogP contribution in [0.2, 0.25) is 0 Å². The Morgan fingerprint density at radius 3 is 2.92 bits per heavy atom. The summed E-state index contributed by atoms with van der Waals surface area (Å²) < 4.78 is 0. The van der Waals surface area contributed by atoms with Gasteiger partial charge in [-0.1, -0.05) is 13.0 Å². The van der Waals surface area contributed by atoms with Crippen molar-refractivity contribution in [3.05, 3.63) is 30.1 Å². The molecule has 3 nitrogen and oxygen atoms in total. The number of rotatable bonds is 3. The smallest absolute Gasteiger partial charge is 0.0955 e. The van der Waals surface area contributed by atoms with Crippen molar-refractivity contribution in [3.8, 4) is 0 Å². The molecule has 1 heterocycles. The summed E-state index contributed by atoms with van der Waals surface area (Å²) in [5, 5.41) is 9.62. The van der Waals surface area contributed by atoms with Crippen LogP contribution in [0.3, 0.4) is 0 Å². The van der Waals surface area contributed by atoms with Gasteiger partial charge < -0.3 is 10.8 Å². The molecule has 1 aromatic rings. The summed E-state index contributed by atoms with van der Waals surface area (Å²) in [7, 11) is 0. The Hall–Kier alpha value is -0.930.